The summed E-state index contributed by atoms with van der Waals surface area (Å²) in [6.07, 6.45) is 6.09. The highest BCUT2D eigenvalue weighted by atomic mass is 35.5. The lowest BCUT2D eigenvalue weighted by Crippen LogP contribution is -2.36. The first-order chi connectivity index (χ1) is 12.1. The minimum atomic E-state index is -0.912. The van der Waals surface area contributed by atoms with Crippen molar-refractivity contribution in [2.75, 3.05) is 0 Å². The minimum absolute atomic E-state index is 0.296. The van der Waals surface area contributed by atoms with E-state index in [1.165, 1.54) is 0 Å². The van der Waals surface area contributed by atoms with Crippen molar-refractivity contribution >= 4 is 29.7 Å². The van der Waals surface area contributed by atoms with Gasteiger partial charge in [0.1, 0.15) is 0 Å². The number of aromatic nitrogens is 1. The average Bonchev–Trinajstić information content (AvgIpc) is 2.63. The molecule has 0 unspecified atom stereocenters. The Morgan fingerprint density at radius 1 is 0.960 bits per heavy atom. The van der Waals surface area contributed by atoms with Crippen LogP contribution in [-0.2, 0) is 6.54 Å². The molecule has 1 heterocycles. The van der Waals surface area contributed by atoms with E-state index in [1.807, 2.05) is 66.9 Å². The van der Waals surface area contributed by atoms with Crippen LogP contribution in [-0.4, -0.2) is 11.1 Å². The van der Waals surface area contributed by atoms with Crippen molar-refractivity contribution in [3.8, 4) is 0 Å². The molecule has 0 bridgehead atoms. The van der Waals surface area contributed by atoms with Crippen LogP contribution in [0, 0.1) is 0 Å². The Kier molecular flexibility index (Phi) is 5.26. The molecule has 25 heavy (non-hydrogen) atoms. The van der Waals surface area contributed by atoms with Gasteiger partial charge in [-0.05, 0) is 42.0 Å². The van der Waals surface area contributed by atoms with Gasteiger partial charge in [0.15, 0.2) is 12.7 Å². The highest BCUT2D eigenvalue weighted by molar-refractivity contribution is 6.30. The third kappa shape index (κ3) is 4.55. The fourth-order valence-corrected chi connectivity index (χ4v) is 2.62. The molecular weight excluding hydrogens is 334 g/mol. The van der Waals surface area contributed by atoms with Crippen LogP contribution in [0.2, 0.25) is 5.02 Å². The summed E-state index contributed by atoms with van der Waals surface area (Å²) in [5, 5.41) is 9.70. The van der Waals surface area contributed by atoms with Crippen LogP contribution in [0.15, 0.2) is 72.9 Å². The van der Waals surface area contributed by atoms with Crippen LogP contribution in [0.1, 0.15) is 27.2 Å². The molecule has 124 valence electrons. The summed E-state index contributed by atoms with van der Waals surface area (Å²) >= 11 is 5.91. The van der Waals surface area contributed by atoms with E-state index in [0.717, 1.165) is 21.8 Å². The van der Waals surface area contributed by atoms with Crippen molar-refractivity contribution < 1.29 is 14.5 Å². The summed E-state index contributed by atoms with van der Waals surface area (Å²) in [7, 11) is 0. The third-order valence-corrected chi connectivity index (χ3v) is 4.10. The number of carboxylic acid groups (broad SMARTS) is 1. The predicted molar refractivity (Wildman–Crippen MR) is 99.5 cm³/mol. The summed E-state index contributed by atoms with van der Waals surface area (Å²) in [6.45, 7) is 0.668. The number of benzene rings is 2. The highest BCUT2D eigenvalue weighted by Crippen LogP contribution is 2.12. The third-order valence-electron chi connectivity index (χ3n) is 3.85. The number of hydrogen-bond acceptors (Lipinski definition) is 1. The molecule has 0 spiro atoms. The van der Waals surface area contributed by atoms with E-state index < -0.39 is 5.97 Å². The first-order valence-corrected chi connectivity index (χ1v) is 8.24. The van der Waals surface area contributed by atoms with Crippen molar-refractivity contribution in [1.29, 1.82) is 0 Å². The van der Waals surface area contributed by atoms with E-state index >= 15 is 0 Å². The van der Waals surface area contributed by atoms with E-state index in [4.69, 9.17) is 16.7 Å². The molecule has 0 amide bonds. The van der Waals surface area contributed by atoms with Crippen LogP contribution >= 0.6 is 11.6 Å². The first-order valence-electron chi connectivity index (χ1n) is 7.86. The number of carbonyl (C=O) groups is 1. The normalized spacial score (nSPS) is 10.9. The maximum absolute atomic E-state index is 10.9. The van der Waals surface area contributed by atoms with Gasteiger partial charge >= 0.3 is 5.97 Å². The minimum Gasteiger partial charge on any atom is -0.478 e. The Morgan fingerprint density at radius 3 is 2.36 bits per heavy atom. The second-order valence-electron chi connectivity index (χ2n) is 5.64. The van der Waals surface area contributed by atoms with Crippen LogP contribution in [0.3, 0.4) is 0 Å². The second kappa shape index (κ2) is 7.77. The van der Waals surface area contributed by atoms with Gasteiger partial charge in [0.05, 0.1) is 5.56 Å². The monoisotopic (exact) mass is 350 g/mol. The lowest BCUT2D eigenvalue weighted by atomic mass is 10.1. The molecule has 3 nitrogen and oxygen atoms in total. The van der Waals surface area contributed by atoms with E-state index in [9.17, 15) is 4.79 Å². The van der Waals surface area contributed by atoms with Crippen molar-refractivity contribution in [1.82, 2.24) is 0 Å². The molecule has 3 aromatic rings. The summed E-state index contributed by atoms with van der Waals surface area (Å²) in [6, 6.07) is 20.6. The Morgan fingerprint density at radius 2 is 1.68 bits per heavy atom. The fraction of sp³-hybridized carbons (Fsp3) is 0.0476. The van der Waals surface area contributed by atoms with Gasteiger partial charge in [-0.15, -0.1) is 0 Å². The molecule has 4 heteroatoms. The Hall–Kier alpha value is -2.91. The summed E-state index contributed by atoms with van der Waals surface area (Å²) in [4.78, 5) is 10.9. The molecule has 0 radical (unpaired) electrons. The van der Waals surface area contributed by atoms with Gasteiger partial charge in [0.25, 0.3) is 0 Å². The molecule has 2 aromatic carbocycles. The van der Waals surface area contributed by atoms with Gasteiger partial charge in [-0.2, -0.15) is 4.57 Å². The topological polar surface area (TPSA) is 41.2 Å². The first kappa shape index (κ1) is 16.9. The lowest BCUT2D eigenvalue weighted by Gasteiger charge is -2.02. The van der Waals surface area contributed by atoms with E-state index in [2.05, 4.69) is 10.6 Å². The zero-order valence-corrected chi connectivity index (χ0v) is 14.2. The van der Waals surface area contributed by atoms with Gasteiger partial charge in [-0.3, -0.25) is 0 Å². The van der Waals surface area contributed by atoms with Gasteiger partial charge in [-0.25, -0.2) is 4.79 Å². The van der Waals surface area contributed by atoms with Crippen molar-refractivity contribution in [3.63, 3.8) is 0 Å². The molecule has 0 atom stereocenters. The molecular formula is C21H17ClNO2+. The molecule has 1 aromatic heterocycles. The van der Waals surface area contributed by atoms with Gasteiger partial charge in [0, 0.05) is 28.8 Å². The molecule has 3 rings (SSSR count). The molecule has 0 saturated heterocycles. The van der Waals surface area contributed by atoms with Gasteiger partial charge in [-0.1, -0.05) is 35.9 Å². The van der Waals surface area contributed by atoms with Crippen LogP contribution < -0.4 is 4.57 Å². The molecule has 1 N–H and O–H groups in total. The summed E-state index contributed by atoms with van der Waals surface area (Å²) in [5.41, 5.74) is 3.47. The lowest BCUT2D eigenvalue weighted by molar-refractivity contribution is -0.690. The molecule has 0 aliphatic heterocycles. The van der Waals surface area contributed by atoms with E-state index in [0.29, 0.717) is 12.1 Å². The van der Waals surface area contributed by atoms with Crippen molar-refractivity contribution in [2.45, 2.75) is 6.54 Å². The Bertz CT molecular complexity index is 900. The maximum atomic E-state index is 10.9. The summed E-state index contributed by atoms with van der Waals surface area (Å²) < 4.78 is 2.11. The van der Waals surface area contributed by atoms with Crippen molar-refractivity contribution in [3.05, 3.63) is 100 Å². The summed E-state index contributed by atoms with van der Waals surface area (Å²) in [5.74, 6) is -0.912. The van der Waals surface area contributed by atoms with Crippen LogP contribution in [0.25, 0.3) is 12.2 Å². The largest absolute Gasteiger partial charge is 0.478 e. The SMILES string of the molecule is O=C(O)c1ccc(C[n+]2ccccc2/C=C/c2ccc(Cl)cc2)cc1. The van der Waals surface area contributed by atoms with Gasteiger partial charge < -0.3 is 5.11 Å². The predicted octanol–water partition coefficient (Wildman–Crippen LogP) is 4.54. The smallest absolute Gasteiger partial charge is 0.335 e. The number of carboxylic acids is 1. The Labute approximate surface area is 151 Å². The number of aromatic carboxylic acids is 1. The highest BCUT2D eigenvalue weighted by Gasteiger charge is 2.09. The number of rotatable bonds is 5. The zero-order valence-electron chi connectivity index (χ0n) is 13.5. The van der Waals surface area contributed by atoms with E-state index in [1.54, 1.807) is 12.1 Å². The molecule has 0 fully saturated rings. The second-order valence-corrected chi connectivity index (χ2v) is 6.08. The van der Waals surface area contributed by atoms with Crippen LogP contribution in [0.4, 0.5) is 0 Å². The molecule has 0 aliphatic carbocycles. The number of halogens is 1. The maximum Gasteiger partial charge on any atom is 0.335 e. The van der Waals surface area contributed by atoms with Crippen molar-refractivity contribution in [2.24, 2.45) is 0 Å². The number of nitrogens with zero attached hydrogens (tertiary/aromatic N) is 1. The number of hydrogen-bond donors (Lipinski definition) is 1. The number of pyridine rings is 1. The Balaban J connectivity index is 1.80. The standard InChI is InChI=1S/C21H16ClNO2/c22-19-11-6-16(7-12-19)8-13-20-3-1-2-14-23(20)15-17-4-9-18(10-5-17)21(24)25/h1-14H,15H2/p+1/b13-8+. The fourth-order valence-electron chi connectivity index (χ4n) is 2.49. The quantitative estimate of drug-likeness (QED) is 0.686. The molecule has 0 saturated carbocycles. The van der Waals surface area contributed by atoms with Gasteiger partial charge in [0.2, 0.25) is 5.69 Å². The van der Waals surface area contributed by atoms with Crippen LogP contribution in [0.5, 0.6) is 0 Å². The zero-order chi connectivity index (χ0) is 17.6. The van der Waals surface area contributed by atoms with E-state index in [-0.39, 0.29) is 0 Å². The molecule has 0 aliphatic rings. The average molecular weight is 351 g/mol.